The Labute approximate surface area is 103 Å². The summed E-state index contributed by atoms with van der Waals surface area (Å²) in [5.74, 6) is -0.448. The van der Waals surface area contributed by atoms with Crippen molar-refractivity contribution in [1.29, 1.82) is 0 Å². The maximum Gasteiger partial charge on any atom is 0.249 e. The largest absolute Gasteiger partial charge is 0.366 e. The number of carbonyl (C=O) groups excluding carboxylic acids is 1. The van der Waals surface area contributed by atoms with Gasteiger partial charge in [-0.15, -0.1) is 0 Å². The van der Waals surface area contributed by atoms with Gasteiger partial charge in [0.15, 0.2) is 0 Å². The highest BCUT2D eigenvalue weighted by molar-refractivity contribution is 6.11. The lowest BCUT2D eigenvalue weighted by atomic mass is 9.97. The van der Waals surface area contributed by atoms with Crippen LogP contribution in [0.15, 0.2) is 42.6 Å². The van der Waals surface area contributed by atoms with Gasteiger partial charge in [-0.1, -0.05) is 30.3 Å². The summed E-state index contributed by atoms with van der Waals surface area (Å²) in [6.07, 6.45) is 1.62. The minimum absolute atomic E-state index is 0.448. The van der Waals surface area contributed by atoms with E-state index >= 15 is 0 Å². The fraction of sp³-hybridized carbons (Fsp3) is 0. The van der Waals surface area contributed by atoms with Gasteiger partial charge in [-0.25, -0.2) is 0 Å². The number of nitrogens with zero attached hydrogens (tertiary/aromatic N) is 2. The van der Waals surface area contributed by atoms with Gasteiger partial charge in [-0.05, 0) is 11.5 Å². The third kappa shape index (κ3) is 1.53. The molecule has 5 nitrogen and oxygen atoms in total. The zero-order valence-corrected chi connectivity index (χ0v) is 9.42. The normalized spacial score (nSPS) is 10.7. The fourth-order valence-electron chi connectivity index (χ4n) is 2.09. The first-order valence-electron chi connectivity index (χ1n) is 5.45. The van der Waals surface area contributed by atoms with Crippen molar-refractivity contribution in [3.63, 3.8) is 0 Å². The molecule has 88 valence electrons. The van der Waals surface area contributed by atoms with Gasteiger partial charge in [0.1, 0.15) is 5.69 Å². The number of aromatic amines is 1. The molecule has 0 atom stereocenters. The van der Waals surface area contributed by atoms with E-state index in [2.05, 4.69) is 15.4 Å². The summed E-state index contributed by atoms with van der Waals surface area (Å²) in [5, 5.41) is 12.2. The molecule has 1 aromatic heterocycles. The number of benzene rings is 2. The van der Waals surface area contributed by atoms with Crippen molar-refractivity contribution in [2.45, 2.75) is 0 Å². The molecule has 1 heterocycles. The summed E-state index contributed by atoms with van der Waals surface area (Å²) in [7, 11) is 0. The smallest absolute Gasteiger partial charge is 0.249 e. The van der Waals surface area contributed by atoms with Gasteiger partial charge in [0.25, 0.3) is 0 Å². The van der Waals surface area contributed by atoms with Crippen LogP contribution in [-0.2, 0) is 0 Å². The summed E-state index contributed by atoms with van der Waals surface area (Å²) in [6, 6.07) is 11.2. The molecular weight excluding hydrogens is 228 g/mol. The molecule has 3 rings (SSSR count). The average Bonchev–Trinajstić information content (AvgIpc) is 2.91. The molecule has 1 amide bonds. The summed E-state index contributed by atoms with van der Waals surface area (Å²) in [5.41, 5.74) is 7.44. The highest BCUT2D eigenvalue weighted by atomic mass is 16.1. The molecule has 0 fully saturated rings. The van der Waals surface area contributed by atoms with Crippen LogP contribution < -0.4 is 5.73 Å². The summed E-state index contributed by atoms with van der Waals surface area (Å²) >= 11 is 0. The number of nitrogens with two attached hydrogens (primary N) is 1. The Hall–Kier alpha value is -2.69. The SMILES string of the molecule is NC(=O)c1cccc2cccc(-c3cn[nH]n3)c12. The van der Waals surface area contributed by atoms with Gasteiger partial charge in [-0.3, -0.25) is 4.79 Å². The second kappa shape index (κ2) is 3.96. The Bertz CT molecular complexity index is 714. The number of rotatable bonds is 2. The first-order valence-corrected chi connectivity index (χ1v) is 5.45. The Morgan fingerprint density at radius 3 is 2.61 bits per heavy atom. The van der Waals surface area contributed by atoms with Crippen LogP contribution in [0, 0.1) is 0 Å². The molecule has 0 unspecified atom stereocenters. The van der Waals surface area contributed by atoms with E-state index in [1.165, 1.54) is 0 Å². The van der Waals surface area contributed by atoms with Gasteiger partial charge in [-0.2, -0.15) is 15.4 Å². The van der Waals surface area contributed by atoms with E-state index < -0.39 is 5.91 Å². The molecule has 0 spiro atoms. The minimum atomic E-state index is -0.448. The maximum atomic E-state index is 11.5. The van der Waals surface area contributed by atoms with E-state index in [1.54, 1.807) is 12.3 Å². The molecule has 2 aromatic carbocycles. The highest BCUT2D eigenvalue weighted by Crippen LogP contribution is 2.29. The Morgan fingerprint density at radius 2 is 1.94 bits per heavy atom. The molecule has 0 saturated carbocycles. The van der Waals surface area contributed by atoms with Crippen molar-refractivity contribution in [3.05, 3.63) is 48.2 Å². The van der Waals surface area contributed by atoms with Crippen LogP contribution in [0.3, 0.4) is 0 Å². The number of H-pyrrole nitrogens is 1. The summed E-state index contributed by atoms with van der Waals surface area (Å²) in [4.78, 5) is 11.5. The van der Waals surface area contributed by atoms with E-state index in [0.717, 1.165) is 16.3 Å². The van der Waals surface area contributed by atoms with Crippen LogP contribution in [-0.4, -0.2) is 21.3 Å². The summed E-state index contributed by atoms with van der Waals surface area (Å²) < 4.78 is 0. The number of nitrogens with one attached hydrogen (secondary N) is 1. The molecule has 0 aliphatic rings. The molecule has 0 radical (unpaired) electrons. The summed E-state index contributed by atoms with van der Waals surface area (Å²) in [6.45, 7) is 0. The van der Waals surface area contributed by atoms with E-state index in [9.17, 15) is 4.79 Å². The van der Waals surface area contributed by atoms with Crippen molar-refractivity contribution < 1.29 is 4.79 Å². The molecular formula is C13H10N4O. The van der Waals surface area contributed by atoms with Crippen LogP contribution in [0.4, 0.5) is 0 Å². The monoisotopic (exact) mass is 238 g/mol. The van der Waals surface area contributed by atoms with Gasteiger partial charge < -0.3 is 5.73 Å². The number of amides is 1. The lowest BCUT2D eigenvalue weighted by Crippen LogP contribution is -2.11. The van der Waals surface area contributed by atoms with Crippen LogP contribution in [0.1, 0.15) is 10.4 Å². The third-order valence-electron chi connectivity index (χ3n) is 2.86. The molecule has 0 bridgehead atoms. The lowest BCUT2D eigenvalue weighted by molar-refractivity contribution is 0.100. The molecule has 0 saturated heterocycles. The van der Waals surface area contributed by atoms with Crippen molar-refractivity contribution in [2.75, 3.05) is 0 Å². The Balaban J connectivity index is 2.42. The number of fused-ring (bicyclic) bond motifs is 1. The minimum Gasteiger partial charge on any atom is -0.366 e. The van der Waals surface area contributed by atoms with Gasteiger partial charge in [0, 0.05) is 16.5 Å². The van der Waals surface area contributed by atoms with Crippen molar-refractivity contribution in [2.24, 2.45) is 5.73 Å². The zero-order valence-electron chi connectivity index (χ0n) is 9.42. The lowest BCUT2D eigenvalue weighted by Gasteiger charge is -2.07. The standard InChI is InChI=1S/C13H10N4O/c14-13(18)10-6-2-4-8-3-1-5-9(12(8)10)11-7-15-17-16-11/h1-7H,(H2,14,18)(H,15,16,17). The van der Waals surface area contributed by atoms with Crippen LogP contribution in [0.5, 0.6) is 0 Å². The van der Waals surface area contributed by atoms with Gasteiger partial charge in [0.2, 0.25) is 5.91 Å². The second-order valence-corrected chi connectivity index (χ2v) is 3.93. The van der Waals surface area contributed by atoms with E-state index in [4.69, 9.17) is 5.73 Å². The first kappa shape index (κ1) is 10.5. The highest BCUT2D eigenvalue weighted by Gasteiger charge is 2.12. The molecule has 18 heavy (non-hydrogen) atoms. The predicted molar refractivity (Wildman–Crippen MR) is 67.8 cm³/mol. The quantitative estimate of drug-likeness (QED) is 0.712. The zero-order chi connectivity index (χ0) is 12.5. The molecule has 0 aliphatic heterocycles. The average molecular weight is 238 g/mol. The number of hydrogen-bond acceptors (Lipinski definition) is 3. The van der Waals surface area contributed by atoms with Crippen LogP contribution in [0.25, 0.3) is 22.0 Å². The third-order valence-corrected chi connectivity index (χ3v) is 2.86. The number of hydrogen-bond donors (Lipinski definition) is 2. The molecule has 3 aromatic rings. The predicted octanol–water partition coefficient (Wildman–Crippen LogP) is 1.72. The number of primary amides is 1. The second-order valence-electron chi connectivity index (χ2n) is 3.93. The number of aromatic nitrogens is 3. The van der Waals surface area contributed by atoms with E-state index in [-0.39, 0.29) is 0 Å². The Morgan fingerprint density at radius 1 is 1.17 bits per heavy atom. The van der Waals surface area contributed by atoms with Crippen LogP contribution in [0.2, 0.25) is 0 Å². The Kier molecular flexibility index (Phi) is 2.30. The topological polar surface area (TPSA) is 84.7 Å². The molecule has 5 heteroatoms. The van der Waals surface area contributed by atoms with Crippen molar-refractivity contribution in [3.8, 4) is 11.3 Å². The fourth-order valence-corrected chi connectivity index (χ4v) is 2.09. The first-order chi connectivity index (χ1) is 8.77. The number of carbonyl (C=O) groups is 1. The maximum absolute atomic E-state index is 11.5. The van der Waals surface area contributed by atoms with Crippen LogP contribution >= 0.6 is 0 Å². The van der Waals surface area contributed by atoms with Crippen molar-refractivity contribution in [1.82, 2.24) is 15.4 Å². The molecule has 0 aliphatic carbocycles. The molecule has 3 N–H and O–H groups in total. The van der Waals surface area contributed by atoms with E-state index in [0.29, 0.717) is 11.3 Å². The van der Waals surface area contributed by atoms with Crippen molar-refractivity contribution >= 4 is 16.7 Å². The van der Waals surface area contributed by atoms with Gasteiger partial charge in [0.05, 0.1) is 6.20 Å². The van der Waals surface area contributed by atoms with Gasteiger partial charge >= 0.3 is 0 Å². The van der Waals surface area contributed by atoms with E-state index in [1.807, 2.05) is 30.3 Å².